The highest BCUT2D eigenvalue weighted by molar-refractivity contribution is 5.74. The molecule has 0 aliphatic rings. The summed E-state index contributed by atoms with van der Waals surface area (Å²) in [6.45, 7) is 0.579. The molecule has 2 amide bonds. The molecule has 0 radical (unpaired) electrons. The lowest BCUT2D eigenvalue weighted by Gasteiger charge is -2.19. The molecule has 112 valence electrons. The Kier molecular flexibility index (Phi) is 5.98. The third kappa shape index (κ3) is 5.27. The molecule has 0 aliphatic heterocycles. The average molecular weight is 284 g/mol. The number of rotatable bonds is 7. The minimum absolute atomic E-state index is 0.150. The highest BCUT2D eigenvalue weighted by Gasteiger charge is 2.15. The number of carbonyl (C=O) groups excluding carboxylic acids is 1. The number of nitrogens with one attached hydrogen (secondary N) is 1. The van der Waals surface area contributed by atoms with Crippen molar-refractivity contribution in [3.8, 4) is 0 Å². The van der Waals surface area contributed by atoms with Gasteiger partial charge in [0, 0.05) is 39.5 Å². The fraction of sp³-hybridized carbons (Fsp3) is 0.583. The molecule has 0 aliphatic carbocycles. The molecule has 1 heterocycles. The lowest BCUT2D eigenvalue weighted by atomic mass is 10.2. The van der Waals surface area contributed by atoms with E-state index in [0.29, 0.717) is 6.54 Å². The minimum atomic E-state index is -0.963. The molecule has 1 rings (SSSR count). The van der Waals surface area contributed by atoms with Gasteiger partial charge in [0.25, 0.3) is 0 Å². The molecule has 0 aromatic carbocycles. The number of hydrogen-bond acceptors (Lipinski definition) is 4. The maximum atomic E-state index is 11.8. The number of nitrogens with zero attached hydrogens (tertiary/aromatic N) is 3. The highest BCUT2D eigenvalue weighted by atomic mass is 16.5. The summed E-state index contributed by atoms with van der Waals surface area (Å²) in [5.74, 6) is -0.963. The Morgan fingerprint density at radius 2 is 2.30 bits per heavy atom. The zero-order valence-corrected chi connectivity index (χ0v) is 11.9. The highest BCUT2D eigenvalue weighted by Crippen LogP contribution is 2.02. The van der Waals surface area contributed by atoms with Gasteiger partial charge in [-0.2, -0.15) is 5.10 Å². The molecule has 0 saturated carbocycles. The van der Waals surface area contributed by atoms with E-state index in [0.717, 1.165) is 5.56 Å². The zero-order valence-electron chi connectivity index (χ0n) is 11.9. The Morgan fingerprint density at radius 3 is 2.80 bits per heavy atom. The van der Waals surface area contributed by atoms with Crippen LogP contribution in [0.4, 0.5) is 4.79 Å². The molecule has 1 aromatic rings. The SMILES string of the molecule is COC(CNC(=O)N(C)Cc1cnn(C)c1)CC(=O)O. The van der Waals surface area contributed by atoms with Gasteiger partial charge < -0.3 is 20.1 Å². The van der Waals surface area contributed by atoms with Crippen LogP contribution in [-0.4, -0.2) is 58.6 Å². The second kappa shape index (κ2) is 7.49. The fourth-order valence-corrected chi connectivity index (χ4v) is 1.67. The van der Waals surface area contributed by atoms with E-state index in [1.807, 2.05) is 6.20 Å². The molecule has 1 unspecified atom stereocenters. The summed E-state index contributed by atoms with van der Waals surface area (Å²) in [7, 11) is 4.87. The average Bonchev–Trinajstić information content (AvgIpc) is 2.78. The first-order valence-electron chi connectivity index (χ1n) is 6.13. The fourth-order valence-electron chi connectivity index (χ4n) is 1.67. The number of aryl methyl sites for hydroxylation is 1. The number of methoxy groups -OCH3 is 1. The van der Waals surface area contributed by atoms with Crippen LogP contribution in [0.1, 0.15) is 12.0 Å². The predicted molar refractivity (Wildman–Crippen MR) is 71.1 cm³/mol. The van der Waals surface area contributed by atoms with Gasteiger partial charge in [0.1, 0.15) is 0 Å². The standard InChI is InChI=1S/C12H20N4O4/c1-15(7-9-5-14-16(2)8-9)12(19)13-6-10(20-3)4-11(17)18/h5,8,10H,4,6-7H2,1-3H3,(H,13,19)(H,17,18). The lowest BCUT2D eigenvalue weighted by Crippen LogP contribution is -2.41. The quantitative estimate of drug-likeness (QED) is 0.737. The Balaban J connectivity index is 2.39. The molecule has 8 heteroatoms. The van der Waals surface area contributed by atoms with Crippen LogP contribution in [0.2, 0.25) is 0 Å². The number of carboxylic acid groups (broad SMARTS) is 1. The summed E-state index contributed by atoms with van der Waals surface area (Å²) in [6.07, 6.45) is 2.82. The van der Waals surface area contributed by atoms with Crippen molar-refractivity contribution in [1.29, 1.82) is 0 Å². The summed E-state index contributed by atoms with van der Waals surface area (Å²) < 4.78 is 6.65. The van der Waals surface area contributed by atoms with Gasteiger partial charge in [0.2, 0.25) is 0 Å². The van der Waals surface area contributed by atoms with E-state index >= 15 is 0 Å². The Hall–Kier alpha value is -2.09. The largest absolute Gasteiger partial charge is 0.481 e. The molecule has 1 aromatic heterocycles. The number of aromatic nitrogens is 2. The summed E-state index contributed by atoms with van der Waals surface area (Å²) in [6, 6.07) is -0.290. The molecule has 0 saturated heterocycles. The summed E-state index contributed by atoms with van der Waals surface area (Å²) in [5, 5.41) is 15.3. The molecule has 2 N–H and O–H groups in total. The van der Waals surface area contributed by atoms with Gasteiger partial charge in [-0.15, -0.1) is 0 Å². The Bertz CT molecular complexity index is 460. The number of ether oxygens (including phenoxy) is 1. The first kappa shape index (κ1) is 16.0. The van der Waals surface area contributed by atoms with Gasteiger partial charge in [-0.3, -0.25) is 9.48 Å². The van der Waals surface area contributed by atoms with Crippen LogP contribution in [0.15, 0.2) is 12.4 Å². The van der Waals surface area contributed by atoms with Crippen molar-refractivity contribution >= 4 is 12.0 Å². The van der Waals surface area contributed by atoms with Crippen LogP contribution >= 0.6 is 0 Å². The number of aliphatic carboxylic acids is 1. The topological polar surface area (TPSA) is 96.7 Å². The van der Waals surface area contributed by atoms with E-state index < -0.39 is 12.1 Å². The second-order valence-electron chi connectivity index (χ2n) is 4.52. The zero-order chi connectivity index (χ0) is 15.1. The smallest absolute Gasteiger partial charge is 0.317 e. The summed E-state index contributed by atoms with van der Waals surface area (Å²) >= 11 is 0. The third-order valence-corrected chi connectivity index (χ3v) is 2.74. The first-order valence-corrected chi connectivity index (χ1v) is 6.13. The van der Waals surface area contributed by atoms with E-state index in [4.69, 9.17) is 9.84 Å². The van der Waals surface area contributed by atoms with Gasteiger partial charge >= 0.3 is 12.0 Å². The van der Waals surface area contributed by atoms with E-state index in [2.05, 4.69) is 10.4 Å². The van der Waals surface area contributed by atoms with E-state index in [9.17, 15) is 9.59 Å². The Morgan fingerprint density at radius 1 is 1.60 bits per heavy atom. The van der Waals surface area contributed by atoms with Crippen LogP contribution in [0.25, 0.3) is 0 Å². The van der Waals surface area contributed by atoms with Crippen molar-refractivity contribution in [2.45, 2.75) is 19.1 Å². The molecular formula is C12H20N4O4. The monoisotopic (exact) mass is 284 g/mol. The van der Waals surface area contributed by atoms with Gasteiger partial charge in [-0.05, 0) is 0 Å². The maximum absolute atomic E-state index is 11.8. The number of urea groups is 1. The molecular weight excluding hydrogens is 264 g/mol. The van der Waals surface area contributed by atoms with Crippen molar-refractivity contribution in [2.75, 3.05) is 20.7 Å². The molecule has 1 atom stereocenters. The number of carboxylic acids is 1. The van der Waals surface area contributed by atoms with E-state index in [1.165, 1.54) is 12.0 Å². The Labute approximate surface area is 117 Å². The van der Waals surface area contributed by atoms with Crippen molar-refractivity contribution in [2.24, 2.45) is 7.05 Å². The normalized spacial score (nSPS) is 11.9. The minimum Gasteiger partial charge on any atom is -0.481 e. The predicted octanol–water partition coefficient (Wildman–Crippen LogP) is 0.0512. The third-order valence-electron chi connectivity index (χ3n) is 2.74. The molecule has 0 spiro atoms. The van der Waals surface area contributed by atoms with Crippen LogP contribution in [0.3, 0.4) is 0 Å². The first-order chi connectivity index (χ1) is 9.42. The van der Waals surface area contributed by atoms with Crippen LogP contribution < -0.4 is 5.32 Å². The van der Waals surface area contributed by atoms with Crippen molar-refractivity contribution in [3.05, 3.63) is 18.0 Å². The molecule has 8 nitrogen and oxygen atoms in total. The number of carbonyl (C=O) groups is 2. The summed E-state index contributed by atoms with van der Waals surface area (Å²) in [5.41, 5.74) is 0.916. The van der Waals surface area contributed by atoms with Crippen molar-refractivity contribution < 1.29 is 19.4 Å². The van der Waals surface area contributed by atoms with Crippen LogP contribution in [0, 0.1) is 0 Å². The van der Waals surface area contributed by atoms with Crippen LogP contribution in [0.5, 0.6) is 0 Å². The van der Waals surface area contributed by atoms with Gasteiger partial charge in [-0.25, -0.2) is 4.79 Å². The van der Waals surface area contributed by atoms with Gasteiger partial charge in [-0.1, -0.05) is 0 Å². The van der Waals surface area contributed by atoms with Gasteiger partial charge in [0.15, 0.2) is 0 Å². The van der Waals surface area contributed by atoms with E-state index in [1.54, 1.807) is 25.0 Å². The summed E-state index contributed by atoms with van der Waals surface area (Å²) in [4.78, 5) is 23.9. The second-order valence-corrected chi connectivity index (χ2v) is 4.52. The van der Waals surface area contributed by atoms with Crippen molar-refractivity contribution in [1.82, 2.24) is 20.0 Å². The van der Waals surface area contributed by atoms with E-state index in [-0.39, 0.29) is 19.0 Å². The molecule has 20 heavy (non-hydrogen) atoms. The number of amides is 2. The molecule has 0 fully saturated rings. The van der Waals surface area contributed by atoms with Crippen LogP contribution in [-0.2, 0) is 23.1 Å². The molecule has 0 bridgehead atoms. The van der Waals surface area contributed by atoms with Gasteiger partial charge in [0.05, 0.1) is 25.3 Å². The number of hydrogen-bond donors (Lipinski definition) is 2. The maximum Gasteiger partial charge on any atom is 0.317 e. The lowest BCUT2D eigenvalue weighted by molar-refractivity contribution is -0.139. The van der Waals surface area contributed by atoms with Crippen molar-refractivity contribution in [3.63, 3.8) is 0 Å².